The van der Waals surface area contributed by atoms with Crippen LogP contribution in [0.2, 0.25) is 0 Å². The maximum atomic E-state index is 17.2. The van der Waals surface area contributed by atoms with Crippen molar-refractivity contribution in [3.8, 4) is 32.4 Å². The van der Waals surface area contributed by atoms with Gasteiger partial charge in [-0.3, -0.25) is 13.9 Å². The summed E-state index contributed by atoms with van der Waals surface area (Å²) in [6.07, 6.45) is 0. The molecule has 0 aliphatic carbocycles. The fourth-order valence-electron chi connectivity index (χ4n) is 7.74. The van der Waals surface area contributed by atoms with Crippen LogP contribution in [0, 0.1) is 18.6 Å². The lowest BCUT2D eigenvalue weighted by Crippen LogP contribution is -2.46. The number of carbonyl (C=O) groups is 1. The van der Waals surface area contributed by atoms with Crippen LogP contribution in [0.25, 0.3) is 26.5 Å². The molecule has 3 aliphatic heterocycles. The molecule has 0 saturated carbocycles. The van der Waals surface area contributed by atoms with Gasteiger partial charge in [0.15, 0.2) is 5.54 Å². The summed E-state index contributed by atoms with van der Waals surface area (Å²) in [4.78, 5) is 14.1. The third kappa shape index (κ3) is 5.66. The number of thiophene rings is 2. The summed E-state index contributed by atoms with van der Waals surface area (Å²) in [7, 11) is -6.42. The molecule has 3 aliphatic rings. The average molecular weight is 860 g/mol. The molecular weight excluding hydrogens is 827 g/mol. The van der Waals surface area contributed by atoms with Gasteiger partial charge in [-0.25, -0.2) is 13.4 Å². The lowest BCUT2D eigenvalue weighted by molar-refractivity contribution is -0.133. The van der Waals surface area contributed by atoms with Crippen molar-refractivity contribution in [2.75, 3.05) is 24.7 Å². The Morgan fingerprint density at radius 1 is 0.893 bits per heavy atom. The summed E-state index contributed by atoms with van der Waals surface area (Å²) in [5.74, 6) is -4.54. The molecule has 3 aromatic carbocycles. The first kappa shape index (κ1) is 38.7. The molecule has 0 radical (unpaired) electrons. The summed E-state index contributed by atoms with van der Waals surface area (Å²) < 4.78 is 113. The molecule has 2 aromatic heterocycles. The molecule has 0 atom stereocenters. The predicted octanol–water partition coefficient (Wildman–Crippen LogP) is 6.81. The first-order valence-corrected chi connectivity index (χ1v) is 22.4. The highest BCUT2D eigenvalue weighted by Crippen LogP contribution is 2.54. The number of benzene rings is 3. The number of anilines is 1. The van der Waals surface area contributed by atoms with E-state index < -0.39 is 70.0 Å². The number of nitrogens with zero attached hydrogens (tertiary/aromatic N) is 2. The fourth-order valence-corrected chi connectivity index (χ4v) is 12.4. The Balaban J connectivity index is 1.58. The molecule has 0 unspecified atom stereocenters. The van der Waals surface area contributed by atoms with E-state index >= 15 is 8.78 Å². The predicted molar refractivity (Wildman–Crippen MR) is 211 cm³/mol. The minimum Gasteiger partial charge on any atom is -0.481 e. The third-order valence-electron chi connectivity index (χ3n) is 11.0. The number of fused-ring (bicyclic) bond motifs is 8. The smallest absolute Gasteiger partial charge is 0.313 e. The quantitative estimate of drug-likeness (QED) is 0.0918. The second-order valence-corrected chi connectivity index (χ2v) is 21.2. The van der Waals surface area contributed by atoms with Crippen LogP contribution >= 0.6 is 34.4 Å². The molecule has 0 amide bonds. The van der Waals surface area contributed by atoms with Gasteiger partial charge in [0.1, 0.15) is 39.3 Å². The van der Waals surface area contributed by atoms with Crippen molar-refractivity contribution in [2.45, 2.75) is 59.7 Å². The highest BCUT2D eigenvalue weighted by atomic mass is 32.3. The van der Waals surface area contributed by atoms with E-state index in [2.05, 4.69) is 24.8 Å². The molecule has 8 rings (SSSR count). The molecule has 5 heterocycles. The molecule has 0 fully saturated rings. The Kier molecular flexibility index (Phi) is 8.58. The van der Waals surface area contributed by atoms with E-state index in [1.807, 2.05) is 32.4 Å². The SMILES string of the molecule is Cc1cc2c(s1)-c1cc3c(cc1N(C)C2(C)C)Oc1cc2c(cc1=C3c1c(F)c(SCC(=O)O)cc(F)c1S(=O)(=O)O)-c1sc(S(=O)(=O)O)cc1C(C)(C)[N+]=2C. The molecule has 0 spiro atoms. The van der Waals surface area contributed by atoms with Crippen LogP contribution in [0.1, 0.15) is 54.8 Å². The van der Waals surface area contributed by atoms with Crippen molar-refractivity contribution >= 4 is 71.9 Å². The van der Waals surface area contributed by atoms with Crippen LogP contribution in [-0.4, -0.2) is 56.9 Å². The Labute approximate surface area is 332 Å². The van der Waals surface area contributed by atoms with E-state index in [4.69, 9.17) is 4.74 Å². The van der Waals surface area contributed by atoms with Gasteiger partial charge in [0.2, 0.25) is 5.36 Å². The second kappa shape index (κ2) is 12.4. The minimum absolute atomic E-state index is 0.0766. The summed E-state index contributed by atoms with van der Waals surface area (Å²) in [6.45, 7) is 9.84. The van der Waals surface area contributed by atoms with Gasteiger partial charge >= 0.3 is 16.1 Å². The van der Waals surface area contributed by atoms with Crippen LogP contribution in [0.5, 0.6) is 11.5 Å². The molecule has 292 valence electrons. The van der Waals surface area contributed by atoms with E-state index in [9.17, 15) is 35.8 Å². The molecule has 0 bridgehead atoms. The summed E-state index contributed by atoms with van der Waals surface area (Å²) >= 11 is 2.78. The lowest BCUT2D eigenvalue weighted by atomic mass is 9.83. The largest absolute Gasteiger partial charge is 0.481 e. The van der Waals surface area contributed by atoms with Gasteiger partial charge in [0.05, 0.1) is 27.8 Å². The summed E-state index contributed by atoms with van der Waals surface area (Å²) in [6, 6.07) is 10.7. The van der Waals surface area contributed by atoms with Gasteiger partial charge in [-0.1, -0.05) is 0 Å². The number of aryl methyl sites for hydroxylation is 1. The van der Waals surface area contributed by atoms with Gasteiger partial charge in [-0.2, -0.15) is 16.8 Å². The van der Waals surface area contributed by atoms with Crippen LogP contribution in [-0.2, 0) is 36.1 Å². The maximum Gasteiger partial charge on any atom is 0.313 e. The van der Waals surface area contributed by atoms with Crippen molar-refractivity contribution in [3.63, 3.8) is 0 Å². The van der Waals surface area contributed by atoms with Crippen molar-refractivity contribution in [1.29, 1.82) is 0 Å². The van der Waals surface area contributed by atoms with Crippen LogP contribution < -0.4 is 24.8 Å². The minimum atomic E-state index is -5.49. The Hall–Kier alpha value is -4.17. The maximum absolute atomic E-state index is 17.2. The van der Waals surface area contributed by atoms with Gasteiger partial charge in [-0.05, 0) is 56.7 Å². The standard InChI is InChI=1S/C38H32F2N2O9S5/c1-16-8-21-34(53-16)17-9-19-26(13-24(17)41(6)37(21,2)3)51-27-14-25-18(35-22(38(4,5)42(25)7)11-30(54-35)55(45,46)47)10-20(27)31(19)32-33(40)28(52-15-29(43)44)12-23(39)36(32)56(48,49)50/h8-14H,15H2,1-7H3,(H2-,43,44,45,46,47,48,49,50)/p+1. The highest BCUT2D eigenvalue weighted by Gasteiger charge is 2.43. The average Bonchev–Trinajstić information content (AvgIpc) is 3.74. The number of thioether (sulfide) groups is 1. The Morgan fingerprint density at radius 2 is 1.57 bits per heavy atom. The zero-order valence-corrected chi connectivity index (χ0v) is 34.8. The highest BCUT2D eigenvalue weighted by molar-refractivity contribution is 8.00. The van der Waals surface area contributed by atoms with Gasteiger partial charge in [-0.15, -0.1) is 34.4 Å². The van der Waals surface area contributed by atoms with Crippen LogP contribution in [0.15, 0.2) is 56.5 Å². The molecule has 56 heavy (non-hydrogen) atoms. The van der Waals surface area contributed by atoms with Crippen LogP contribution in [0.3, 0.4) is 0 Å². The number of aliphatic carboxylic acids is 1. The molecule has 5 aromatic rings. The first-order chi connectivity index (χ1) is 25.9. The van der Waals surface area contributed by atoms with Crippen molar-refractivity contribution < 1.29 is 49.4 Å². The van der Waals surface area contributed by atoms with E-state index in [1.165, 1.54) is 17.4 Å². The number of rotatable bonds is 6. The summed E-state index contributed by atoms with van der Waals surface area (Å²) in [5, 5.41) is 10.0. The van der Waals surface area contributed by atoms with Crippen molar-refractivity contribution in [2.24, 2.45) is 0 Å². The molecule has 0 saturated heterocycles. The fraction of sp³-hybridized carbons (Fsp3) is 0.263. The Bertz CT molecular complexity index is 3000. The third-order valence-corrected chi connectivity index (χ3v) is 16.4. The van der Waals surface area contributed by atoms with Gasteiger partial charge in [0.25, 0.3) is 10.1 Å². The van der Waals surface area contributed by atoms with E-state index in [1.54, 1.807) is 31.3 Å². The zero-order valence-electron chi connectivity index (χ0n) is 30.7. The first-order valence-electron chi connectivity index (χ1n) is 16.9. The van der Waals surface area contributed by atoms with E-state index in [-0.39, 0.29) is 32.1 Å². The van der Waals surface area contributed by atoms with Gasteiger partial charge in [0, 0.05) is 80.3 Å². The molecule has 18 heteroatoms. The van der Waals surface area contributed by atoms with Crippen molar-refractivity contribution in [1.82, 2.24) is 4.58 Å². The lowest BCUT2D eigenvalue weighted by Gasteiger charge is -2.43. The van der Waals surface area contributed by atoms with Crippen molar-refractivity contribution in [3.05, 3.63) is 91.8 Å². The molecule has 3 N–H and O–H groups in total. The van der Waals surface area contributed by atoms with E-state index in [0.717, 1.165) is 32.3 Å². The monoisotopic (exact) mass is 859 g/mol. The number of halogens is 2. The molecular formula is C38H33F2N2O9S5+. The topological polar surface area (TPSA) is 162 Å². The van der Waals surface area contributed by atoms with Crippen LogP contribution in [0.4, 0.5) is 14.5 Å². The number of hydrogen-bond acceptors (Lipinski definition) is 10. The number of carboxylic acids is 1. The number of ether oxygens (including phenoxy) is 1. The second-order valence-electron chi connectivity index (χ2n) is 14.9. The van der Waals surface area contributed by atoms with Gasteiger partial charge < -0.3 is 14.7 Å². The number of hydrogen-bond donors (Lipinski definition) is 3. The normalized spacial score (nSPS) is 16.3. The zero-order chi connectivity index (χ0) is 40.8. The molecule has 11 nitrogen and oxygen atoms in total. The number of carboxylic acid groups (broad SMARTS) is 1. The van der Waals surface area contributed by atoms with E-state index in [0.29, 0.717) is 44.8 Å². The Morgan fingerprint density at radius 3 is 2.21 bits per heavy atom. The summed E-state index contributed by atoms with van der Waals surface area (Å²) in [5.41, 5.74) is 1.28.